The molecule has 2 heterocycles. The normalized spacial score (nSPS) is 14.2. The van der Waals surface area contributed by atoms with E-state index in [-0.39, 0.29) is 11.9 Å². The van der Waals surface area contributed by atoms with Crippen LogP contribution in [0.5, 0.6) is 0 Å². The van der Waals surface area contributed by atoms with E-state index in [1.165, 1.54) is 0 Å². The summed E-state index contributed by atoms with van der Waals surface area (Å²) >= 11 is 6.49. The van der Waals surface area contributed by atoms with Gasteiger partial charge in [0, 0.05) is 49.0 Å². The van der Waals surface area contributed by atoms with Crippen molar-refractivity contribution >= 4 is 45.7 Å². The lowest BCUT2D eigenvalue weighted by atomic mass is 10.0. The number of halogens is 1. The van der Waals surface area contributed by atoms with Gasteiger partial charge in [-0.05, 0) is 53.2 Å². The van der Waals surface area contributed by atoms with Crippen LogP contribution in [0.25, 0.3) is 22.0 Å². The fourth-order valence-corrected chi connectivity index (χ4v) is 4.25. The minimum Gasteiger partial charge on any atom is -0.858 e. The molecule has 2 N–H and O–H groups in total. The van der Waals surface area contributed by atoms with Crippen molar-refractivity contribution in [3.63, 3.8) is 0 Å². The number of piperazine rings is 1. The molecule has 0 saturated carbocycles. The lowest BCUT2D eigenvalue weighted by Crippen LogP contribution is -2.48. The molecule has 0 spiro atoms. The molecule has 1 saturated heterocycles. The zero-order valence-corrected chi connectivity index (χ0v) is 19.6. The number of nitrogens with one attached hydrogen (secondary N) is 2. The van der Waals surface area contributed by atoms with Gasteiger partial charge in [-0.1, -0.05) is 48.0 Å². The first-order valence-corrected chi connectivity index (χ1v) is 11.7. The first kappa shape index (κ1) is 22.8. The molecule has 4 aromatic rings. The summed E-state index contributed by atoms with van der Waals surface area (Å²) < 4.78 is 0. The minimum atomic E-state index is -0.385. The maximum Gasteiger partial charge on any atom is 0.321 e. The highest BCUT2D eigenvalue weighted by Crippen LogP contribution is 2.34. The van der Waals surface area contributed by atoms with E-state index >= 15 is 0 Å². The zero-order chi connectivity index (χ0) is 24.2. The first-order valence-electron chi connectivity index (χ1n) is 11.3. The van der Waals surface area contributed by atoms with Crippen molar-refractivity contribution in [1.82, 2.24) is 15.2 Å². The van der Waals surface area contributed by atoms with Crippen LogP contribution < -0.4 is 15.7 Å². The number of aromatic nitrogens is 1. The van der Waals surface area contributed by atoms with Gasteiger partial charge in [-0.15, -0.1) is 0 Å². The maximum atomic E-state index is 12.8. The van der Waals surface area contributed by atoms with Crippen molar-refractivity contribution in [1.29, 1.82) is 0 Å². The molecular weight excluding hydrogens is 462 g/mol. The Morgan fingerprint density at radius 2 is 1.80 bits per heavy atom. The molecule has 1 aliphatic rings. The molecule has 1 aliphatic heterocycles. The van der Waals surface area contributed by atoms with Crippen LogP contribution in [0.3, 0.4) is 0 Å². The second kappa shape index (κ2) is 10.1. The summed E-state index contributed by atoms with van der Waals surface area (Å²) in [5.74, 6) is -0.385. The standard InChI is InChI=1S/C27H24ClN5O2/c28-24-10-9-21(17-23(24)25-22-4-2-1-3-18(22)11-12-30-25)31-26(34)19-5-7-20(8-6-19)32-27(35)33-15-13-29-14-16-33/h1-12,17,29H,13-16H2,(H,31,34)(H,32,35)/p-1. The van der Waals surface area contributed by atoms with E-state index in [0.29, 0.717) is 40.6 Å². The molecule has 0 unspecified atom stereocenters. The number of carbonyl (C=O) groups is 1. The molecule has 0 radical (unpaired) electrons. The number of rotatable bonds is 4. The van der Waals surface area contributed by atoms with E-state index in [0.717, 1.165) is 29.6 Å². The van der Waals surface area contributed by atoms with Crippen LogP contribution in [0.1, 0.15) is 5.56 Å². The van der Waals surface area contributed by atoms with Crippen molar-refractivity contribution in [3.05, 3.63) is 89.6 Å². The zero-order valence-electron chi connectivity index (χ0n) is 18.9. The van der Waals surface area contributed by atoms with Crippen molar-refractivity contribution in [2.75, 3.05) is 31.5 Å². The van der Waals surface area contributed by atoms with E-state index in [1.807, 2.05) is 30.3 Å². The number of hydrogen-bond acceptors (Lipinski definition) is 5. The average molecular weight is 485 g/mol. The second-order valence-corrected chi connectivity index (χ2v) is 8.61. The minimum absolute atomic E-state index is 0.147. The van der Waals surface area contributed by atoms with Gasteiger partial charge >= 0.3 is 6.03 Å². The van der Waals surface area contributed by atoms with Crippen molar-refractivity contribution in [3.8, 4) is 11.3 Å². The summed E-state index contributed by atoms with van der Waals surface area (Å²) in [4.78, 5) is 22.9. The van der Waals surface area contributed by atoms with Crippen LogP contribution in [0.4, 0.5) is 16.2 Å². The molecule has 8 heteroatoms. The molecule has 3 aromatic carbocycles. The Bertz CT molecular complexity index is 1390. The van der Waals surface area contributed by atoms with Crippen LogP contribution in [0.15, 0.2) is 84.0 Å². The van der Waals surface area contributed by atoms with Gasteiger partial charge in [0.2, 0.25) is 0 Å². The Morgan fingerprint density at radius 3 is 2.60 bits per heavy atom. The fraction of sp³-hybridized carbons (Fsp3) is 0.148. The molecule has 1 aromatic heterocycles. The van der Waals surface area contributed by atoms with E-state index in [4.69, 9.17) is 11.6 Å². The summed E-state index contributed by atoms with van der Waals surface area (Å²) in [6.45, 7) is 2.90. The smallest absolute Gasteiger partial charge is 0.321 e. The number of anilines is 1. The van der Waals surface area contributed by atoms with Gasteiger partial charge in [0.1, 0.15) is 0 Å². The lowest BCUT2D eigenvalue weighted by molar-refractivity contribution is -0.212. The third kappa shape index (κ3) is 5.11. The van der Waals surface area contributed by atoms with Gasteiger partial charge < -0.3 is 20.6 Å². The number of hydrogen-bond donors (Lipinski definition) is 2. The van der Waals surface area contributed by atoms with Gasteiger partial charge in [0.25, 0.3) is 0 Å². The number of fused-ring (bicyclic) bond motifs is 1. The number of nitrogens with zero attached hydrogens (tertiary/aromatic N) is 3. The predicted octanol–water partition coefficient (Wildman–Crippen LogP) is 4.43. The molecule has 0 aliphatic carbocycles. The van der Waals surface area contributed by atoms with Gasteiger partial charge in [-0.2, -0.15) is 0 Å². The number of pyridine rings is 1. The quantitative estimate of drug-likeness (QED) is 0.331. The molecular formula is C27H23ClN5O2-. The van der Waals surface area contributed by atoms with E-state index in [1.54, 1.807) is 53.6 Å². The lowest BCUT2D eigenvalue weighted by Gasteiger charge is -2.27. The van der Waals surface area contributed by atoms with Gasteiger partial charge in [-0.25, -0.2) is 4.79 Å². The Hall–Kier alpha value is -3.94. The predicted molar refractivity (Wildman–Crippen MR) is 138 cm³/mol. The molecule has 7 nitrogen and oxygen atoms in total. The van der Waals surface area contributed by atoms with Crippen LogP contribution in [0, 0.1) is 0 Å². The van der Waals surface area contributed by atoms with Gasteiger partial charge in [0.05, 0.1) is 16.4 Å². The molecule has 2 amide bonds. The Balaban J connectivity index is 1.36. The van der Waals surface area contributed by atoms with E-state index < -0.39 is 0 Å². The van der Waals surface area contributed by atoms with Crippen molar-refractivity contribution < 1.29 is 9.90 Å². The third-order valence-corrected chi connectivity index (χ3v) is 6.23. The molecule has 176 valence electrons. The topological polar surface area (TPSA) is 92.7 Å². The Morgan fingerprint density at radius 1 is 1.03 bits per heavy atom. The highest BCUT2D eigenvalue weighted by atomic mass is 35.5. The van der Waals surface area contributed by atoms with E-state index in [2.05, 4.69) is 20.6 Å². The summed E-state index contributed by atoms with van der Waals surface area (Å²) in [6, 6.07) is 21.7. The molecule has 0 atom stereocenters. The first-order chi connectivity index (χ1) is 17.1. The monoisotopic (exact) mass is 484 g/mol. The van der Waals surface area contributed by atoms with Crippen LogP contribution in [-0.2, 0) is 0 Å². The van der Waals surface area contributed by atoms with Crippen LogP contribution >= 0.6 is 11.6 Å². The third-order valence-electron chi connectivity index (χ3n) is 5.90. The largest absolute Gasteiger partial charge is 0.858 e. The summed E-state index contributed by atoms with van der Waals surface area (Å²) in [5.41, 5.74) is 2.98. The van der Waals surface area contributed by atoms with Crippen LogP contribution in [0.2, 0.25) is 5.02 Å². The second-order valence-electron chi connectivity index (χ2n) is 8.21. The Kier molecular flexibility index (Phi) is 6.61. The summed E-state index contributed by atoms with van der Waals surface area (Å²) in [6.07, 6.45) is 1.74. The molecule has 5 rings (SSSR count). The van der Waals surface area contributed by atoms with Gasteiger partial charge in [0.15, 0.2) is 0 Å². The SMILES string of the molecule is O=C(Nc1ccc(C([O-])=Nc2ccc(Cl)c(-c3nccc4ccccc34)c2)cc1)N1CCNCC1. The highest BCUT2D eigenvalue weighted by molar-refractivity contribution is 6.33. The number of amides is 2. The number of benzene rings is 3. The fourth-order valence-electron chi connectivity index (χ4n) is 4.05. The molecule has 0 bridgehead atoms. The van der Waals surface area contributed by atoms with E-state index in [9.17, 15) is 9.90 Å². The summed E-state index contributed by atoms with van der Waals surface area (Å²) in [5, 5.41) is 21.5. The number of carbonyl (C=O) groups excluding carboxylic acids is 1. The maximum absolute atomic E-state index is 12.8. The highest BCUT2D eigenvalue weighted by Gasteiger charge is 2.16. The Labute approximate surface area is 208 Å². The molecule has 1 fully saturated rings. The number of urea groups is 1. The van der Waals surface area contributed by atoms with Gasteiger partial charge in [-0.3, -0.25) is 9.98 Å². The number of aliphatic imine (C=N–C) groups is 1. The van der Waals surface area contributed by atoms with Crippen molar-refractivity contribution in [2.45, 2.75) is 0 Å². The summed E-state index contributed by atoms with van der Waals surface area (Å²) in [7, 11) is 0. The average Bonchev–Trinajstić information content (AvgIpc) is 2.90. The van der Waals surface area contributed by atoms with Crippen molar-refractivity contribution in [2.24, 2.45) is 4.99 Å². The molecule has 35 heavy (non-hydrogen) atoms. The van der Waals surface area contributed by atoms with Crippen LogP contribution in [-0.4, -0.2) is 48.0 Å².